The van der Waals surface area contributed by atoms with E-state index in [9.17, 15) is 9.59 Å². The van der Waals surface area contributed by atoms with Crippen molar-refractivity contribution in [2.24, 2.45) is 5.73 Å². The lowest BCUT2D eigenvalue weighted by Crippen LogP contribution is -2.21. The van der Waals surface area contributed by atoms with Crippen LogP contribution in [0.3, 0.4) is 0 Å². The molecule has 0 aliphatic heterocycles. The molecule has 0 aliphatic rings. The van der Waals surface area contributed by atoms with Gasteiger partial charge in [0.05, 0.1) is 5.92 Å². The van der Waals surface area contributed by atoms with Crippen molar-refractivity contribution >= 4 is 35.1 Å². The van der Waals surface area contributed by atoms with Crippen molar-refractivity contribution in [2.45, 2.75) is 12.3 Å². The monoisotopic (exact) mass is 261 g/mol. The predicted molar refractivity (Wildman–Crippen MR) is 60.7 cm³/mol. The maximum Gasteiger partial charge on any atom is 0.311 e. The molecule has 1 rings (SSSR count). The first kappa shape index (κ1) is 12.8. The van der Waals surface area contributed by atoms with Gasteiger partial charge in [0.1, 0.15) is 0 Å². The van der Waals surface area contributed by atoms with Crippen LogP contribution in [0, 0.1) is 0 Å². The van der Waals surface area contributed by atoms with E-state index in [1.807, 2.05) is 0 Å². The lowest BCUT2D eigenvalue weighted by atomic mass is 9.95. The molecular weight excluding hydrogens is 253 g/mol. The molecule has 0 radical (unpaired) electrons. The molecule has 6 heteroatoms. The van der Waals surface area contributed by atoms with Crippen LogP contribution in [0.15, 0.2) is 18.2 Å². The summed E-state index contributed by atoms with van der Waals surface area (Å²) >= 11 is 11.5. The van der Waals surface area contributed by atoms with E-state index in [1.54, 1.807) is 0 Å². The van der Waals surface area contributed by atoms with Crippen molar-refractivity contribution in [3.8, 4) is 0 Å². The maximum absolute atomic E-state index is 11.0. The smallest absolute Gasteiger partial charge is 0.311 e. The van der Waals surface area contributed by atoms with E-state index in [2.05, 4.69) is 0 Å². The highest BCUT2D eigenvalue weighted by atomic mass is 35.5. The molecule has 1 atom stereocenters. The summed E-state index contributed by atoms with van der Waals surface area (Å²) in [5.41, 5.74) is 5.31. The minimum Gasteiger partial charge on any atom is -0.481 e. The number of hydrogen-bond acceptors (Lipinski definition) is 2. The molecule has 1 aromatic rings. The van der Waals surface area contributed by atoms with Gasteiger partial charge in [-0.25, -0.2) is 0 Å². The maximum atomic E-state index is 11.0. The second-order valence-electron chi connectivity index (χ2n) is 3.23. The average Bonchev–Trinajstić information content (AvgIpc) is 2.14. The molecule has 86 valence electrons. The number of rotatable bonds is 4. The standard InChI is InChI=1S/C10H9Cl2NO3/c11-5-1-2-6(8(12)3-5)7(10(15)16)4-9(13)14/h1-3,7H,4H2,(H2,13,14)(H,15,16). The second kappa shape index (κ2) is 5.18. The largest absolute Gasteiger partial charge is 0.481 e. The van der Waals surface area contributed by atoms with E-state index in [0.29, 0.717) is 10.6 Å². The normalized spacial score (nSPS) is 12.1. The molecule has 0 bridgehead atoms. The first-order chi connectivity index (χ1) is 7.41. The highest BCUT2D eigenvalue weighted by Gasteiger charge is 2.24. The van der Waals surface area contributed by atoms with Crippen molar-refractivity contribution in [3.63, 3.8) is 0 Å². The fourth-order valence-corrected chi connectivity index (χ4v) is 1.86. The zero-order chi connectivity index (χ0) is 12.3. The van der Waals surface area contributed by atoms with E-state index < -0.39 is 17.8 Å². The number of halogens is 2. The lowest BCUT2D eigenvalue weighted by molar-refractivity contribution is -0.140. The van der Waals surface area contributed by atoms with Gasteiger partial charge in [-0.05, 0) is 17.7 Å². The third-order valence-electron chi connectivity index (χ3n) is 2.04. The van der Waals surface area contributed by atoms with E-state index in [4.69, 9.17) is 34.0 Å². The minimum atomic E-state index is -1.15. The van der Waals surface area contributed by atoms with E-state index in [0.717, 1.165) is 0 Å². The van der Waals surface area contributed by atoms with Crippen molar-refractivity contribution in [1.82, 2.24) is 0 Å². The Morgan fingerprint density at radius 3 is 2.44 bits per heavy atom. The number of benzene rings is 1. The first-order valence-electron chi connectivity index (χ1n) is 4.38. The van der Waals surface area contributed by atoms with Gasteiger partial charge in [0.2, 0.25) is 5.91 Å². The van der Waals surface area contributed by atoms with Gasteiger partial charge in [-0.2, -0.15) is 0 Å². The van der Waals surface area contributed by atoms with E-state index in [-0.39, 0.29) is 11.4 Å². The van der Waals surface area contributed by atoms with Gasteiger partial charge in [-0.15, -0.1) is 0 Å². The van der Waals surface area contributed by atoms with Crippen LogP contribution in [-0.4, -0.2) is 17.0 Å². The number of carbonyl (C=O) groups is 2. The fourth-order valence-electron chi connectivity index (χ4n) is 1.32. The Balaban J connectivity index is 3.10. The van der Waals surface area contributed by atoms with Gasteiger partial charge in [0.15, 0.2) is 0 Å². The highest BCUT2D eigenvalue weighted by Crippen LogP contribution is 2.29. The molecule has 0 aliphatic carbocycles. The summed E-state index contributed by atoms with van der Waals surface area (Å²) in [6.07, 6.45) is -0.295. The zero-order valence-electron chi connectivity index (χ0n) is 8.11. The molecule has 0 aromatic heterocycles. The van der Waals surface area contributed by atoms with Gasteiger partial charge in [-0.1, -0.05) is 29.3 Å². The Morgan fingerprint density at radius 1 is 1.38 bits per heavy atom. The van der Waals surface area contributed by atoms with Crippen LogP contribution in [0.25, 0.3) is 0 Å². The van der Waals surface area contributed by atoms with Gasteiger partial charge in [0, 0.05) is 16.5 Å². The molecule has 0 saturated carbocycles. The number of aliphatic carboxylic acids is 1. The Morgan fingerprint density at radius 2 is 2.00 bits per heavy atom. The van der Waals surface area contributed by atoms with Crippen molar-refractivity contribution in [1.29, 1.82) is 0 Å². The highest BCUT2D eigenvalue weighted by molar-refractivity contribution is 6.35. The van der Waals surface area contributed by atoms with E-state index in [1.165, 1.54) is 18.2 Å². The third kappa shape index (κ3) is 3.12. The number of nitrogens with two attached hydrogens (primary N) is 1. The molecule has 0 saturated heterocycles. The summed E-state index contributed by atoms with van der Waals surface area (Å²) in [6, 6.07) is 4.42. The van der Waals surface area contributed by atoms with Crippen molar-refractivity contribution in [2.75, 3.05) is 0 Å². The summed E-state index contributed by atoms with van der Waals surface area (Å²) in [7, 11) is 0. The molecule has 1 amide bonds. The van der Waals surface area contributed by atoms with Crippen LogP contribution in [0.2, 0.25) is 10.0 Å². The Labute approximate surface area is 102 Å². The summed E-state index contributed by atoms with van der Waals surface area (Å²) in [5, 5.41) is 9.58. The molecule has 4 nitrogen and oxygen atoms in total. The SMILES string of the molecule is NC(=O)CC(C(=O)O)c1ccc(Cl)cc1Cl. The first-order valence-corrected chi connectivity index (χ1v) is 5.13. The van der Waals surface area contributed by atoms with Crippen LogP contribution in [0.4, 0.5) is 0 Å². The molecular formula is C10H9Cl2NO3. The lowest BCUT2D eigenvalue weighted by Gasteiger charge is -2.12. The third-order valence-corrected chi connectivity index (χ3v) is 2.60. The van der Waals surface area contributed by atoms with E-state index >= 15 is 0 Å². The number of primary amides is 1. The summed E-state index contributed by atoms with van der Waals surface area (Å²) < 4.78 is 0. The molecule has 0 heterocycles. The second-order valence-corrected chi connectivity index (χ2v) is 4.07. The fraction of sp³-hybridized carbons (Fsp3) is 0.200. The van der Waals surface area contributed by atoms with Crippen molar-refractivity contribution in [3.05, 3.63) is 33.8 Å². The predicted octanol–water partition coefficient (Wildman–Crippen LogP) is 2.04. The average molecular weight is 262 g/mol. The van der Waals surface area contributed by atoms with Crippen LogP contribution in [-0.2, 0) is 9.59 Å². The quantitative estimate of drug-likeness (QED) is 0.871. The minimum absolute atomic E-state index is 0.209. The van der Waals surface area contributed by atoms with Crippen LogP contribution in [0.1, 0.15) is 17.9 Å². The molecule has 1 unspecified atom stereocenters. The summed E-state index contributed by atoms with van der Waals surface area (Å²) in [6.45, 7) is 0. The number of carbonyl (C=O) groups excluding carboxylic acids is 1. The number of amides is 1. The van der Waals surface area contributed by atoms with Gasteiger partial charge < -0.3 is 10.8 Å². The van der Waals surface area contributed by atoms with Gasteiger partial charge in [0.25, 0.3) is 0 Å². The van der Waals surface area contributed by atoms with Gasteiger partial charge in [-0.3, -0.25) is 9.59 Å². The van der Waals surface area contributed by atoms with Crippen LogP contribution < -0.4 is 5.73 Å². The molecule has 0 fully saturated rings. The van der Waals surface area contributed by atoms with Crippen molar-refractivity contribution < 1.29 is 14.7 Å². The molecule has 16 heavy (non-hydrogen) atoms. The van der Waals surface area contributed by atoms with Crippen LogP contribution in [0.5, 0.6) is 0 Å². The number of hydrogen-bond donors (Lipinski definition) is 2. The Kier molecular flexibility index (Phi) is 4.15. The topological polar surface area (TPSA) is 80.4 Å². The summed E-state index contributed by atoms with van der Waals surface area (Å²) in [5.74, 6) is -2.89. The zero-order valence-corrected chi connectivity index (χ0v) is 9.63. The van der Waals surface area contributed by atoms with Gasteiger partial charge >= 0.3 is 5.97 Å². The number of carboxylic acids is 1. The Hall–Kier alpha value is -1.26. The molecule has 0 spiro atoms. The molecule has 3 N–H and O–H groups in total. The Bertz CT molecular complexity index is 434. The number of carboxylic acid groups (broad SMARTS) is 1. The van der Waals surface area contributed by atoms with Crippen LogP contribution >= 0.6 is 23.2 Å². The summed E-state index contributed by atoms with van der Waals surface area (Å²) in [4.78, 5) is 21.7. The molecule has 1 aromatic carbocycles.